The molecule has 0 spiro atoms. The summed E-state index contributed by atoms with van der Waals surface area (Å²) in [5, 5.41) is 22.3. The predicted molar refractivity (Wildman–Crippen MR) is 55.7 cm³/mol. The maximum absolute atomic E-state index is 10.3. The van der Waals surface area contributed by atoms with Crippen molar-refractivity contribution < 1.29 is 15.1 Å². The van der Waals surface area contributed by atoms with Crippen LogP contribution in [0.4, 0.5) is 4.79 Å². The Bertz CT molecular complexity index is 393. The van der Waals surface area contributed by atoms with Crippen LogP contribution in [0.5, 0.6) is 0 Å². The molecule has 0 saturated heterocycles. The van der Waals surface area contributed by atoms with Gasteiger partial charge >= 0.3 is 6.09 Å². The van der Waals surface area contributed by atoms with Gasteiger partial charge in [0.15, 0.2) is 0 Å². The van der Waals surface area contributed by atoms with Crippen molar-refractivity contribution in [1.29, 1.82) is 0 Å². The first-order chi connectivity index (χ1) is 7.13. The first-order valence-corrected chi connectivity index (χ1v) is 4.44. The zero-order chi connectivity index (χ0) is 11.3. The van der Waals surface area contributed by atoms with Gasteiger partial charge in [-0.15, -0.1) is 0 Å². The highest BCUT2D eigenvalue weighted by molar-refractivity contribution is 6.31. The van der Waals surface area contributed by atoms with Gasteiger partial charge in [-0.1, -0.05) is 22.8 Å². The van der Waals surface area contributed by atoms with Crippen LogP contribution in [-0.2, 0) is 6.54 Å². The van der Waals surface area contributed by atoms with E-state index in [-0.39, 0.29) is 6.54 Å². The molecule has 1 rings (SSSR count). The lowest BCUT2D eigenvalue weighted by Gasteiger charge is -2.04. The smallest absolute Gasteiger partial charge is 0.404 e. The SMILES string of the molecule is O=C(O)NCc1cc(C=NO)ccc1Cl. The van der Waals surface area contributed by atoms with Crippen LogP contribution >= 0.6 is 11.6 Å². The van der Waals surface area contributed by atoms with E-state index in [4.69, 9.17) is 21.9 Å². The fourth-order valence-corrected chi connectivity index (χ4v) is 1.23. The van der Waals surface area contributed by atoms with E-state index in [1.165, 1.54) is 6.21 Å². The van der Waals surface area contributed by atoms with Crippen molar-refractivity contribution in [3.05, 3.63) is 34.3 Å². The van der Waals surface area contributed by atoms with Gasteiger partial charge in [0, 0.05) is 11.6 Å². The van der Waals surface area contributed by atoms with Gasteiger partial charge < -0.3 is 15.6 Å². The van der Waals surface area contributed by atoms with Crippen LogP contribution in [-0.4, -0.2) is 22.6 Å². The van der Waals surface area contributed by atoms with Crippen LogP contribution < -0.4 is 5.32 Å². The zero-order valence-corrected chi connectivity index (χ0v) is 8.40. The summed E-state index contributed by atoms with van der Waals surface area (Å²) in [4.78, 5) is 10.3. The third kappa shape index (κ3) is 3.47. The Morgan fingerprint density at radius 1 is 1.60 bits per heavy atom. The molecule has 80 valence electrons. The predicted octanol–water partition coefficient (Wildman–Crippen LogP) is 1.92. The number of carboxylic acid groups (broad SMARTS) is 1. The van der Waals surface area contributed by atoms with E-state index in [1.807, 2.05) is 0 Å². The summed E-state index contributed by atoms with van der Waals surface area (Å²) in [7, 11) is 0. The summed E-state index contributed by atoms with van der Waals surface area (Å²) in [5.41, 5.74) is 1.26. The molecular weight excluding hydrogens is 220 g/mol. The molecule has 0 radical (unpaired) electrons. The lowest BCUT2D eigenvalue weighted by Crippen LogP contribution is -2.20. The van der Waals surface area contributed by atoms with Crippen molar-refractivity contribution in [2.45, 2.75) is 6.54 Å². The van der Waals surface area contributed by atoms with E-state index < -0.39 is 6.09 Å². The van der Waals surface area contributed by atoms with E-state index in [1.54, 1.807) is 18.2 Å². The third-order valence-electron chi connectivity index (χ3n) is 1.71. The monoisotopic (exact) mass is 228 g/mol. The number of nitrogens with one attached hydrogen (secondary N) is 1. The minimum atomic E-state index is -1.12. The molecule has 0 atom stereocenters. The molecule has 0 heterocycles. The maximum Gasteiger partial charge on any atom is 0.404 e. The van der Waals surface area contributed by atoms with E-state index in [2.05, 4.69) is 10.5 Å². The number of hydrogen-bond acceptors (Lipinski definition) is 3. The van der Waals surface area contributed by atoms with Crippen LogP contribution in [0.2, 0.25) is 5.02 Å². The quantitative estimate of drug-likeness (QED) is 0.420. The van der Waals surface area contributed by atoms with Gasteiger partial charge in [-0.3, -0.25) is 0 Å². The van der Waals surface area contributed by atoms with Crippen LogP contribution in [0, 0.1) is 0 Å². The Balaban J connectivity index is 2.85. The molecule has 3 N–H and O–H groups in total. The van der Waals surface area contributed by atoms with Gasteiger partial charge in [-0.05, 0) is 23.3 Å². The number of halogens is 1. The van der Waals surface area contributed by atoms with Crippen molar-refractivity contribution in [3.8, 4) is 0 Å². The van der Waals surface area contributed by atoms with Crippen LogP contribution in [0.15, 0.2) is 23.4 Å². The van der Waals surface area contributed by atoms with E-state index in [0.717, 1.165) is 0 Å². The number of amides is 1. The van der Waals surface area contributed by atoms with E-state index in [9.17, 15) is 4.79 Å². The van der Waals surface area contributed by atoms with Gasteiger partial charge in [0.25, 0.3) is 0 Å². The summed E-state index contributed by atoms with van der Waals surface area (Å²) < 4.78 is 0. The van der Waals surface area contributed by atoms with Crippen molar-refractivity contribution in [1.82, 2.24) is 5.32 Å². The standard InChI is InChI=1S/C9H9ClN2O3/c10-8-2-1-6(4-12-15)3-7(8)5-11-9(13)14/h1-4,11,15H,5H2,(H,13,14). The first-order valence-electron chi connectivity index (χ1n) is 4.06. The van der Waals surface area contributed by atoms with Gasteiger partial charge in [-0.2, -0.15) is 0 Å². The first kappa shape index (κ1) is 11.3. The maximum atomic E-state index is 10.3. The Hall–Kier alpha value is -1.75. The van der Waals surface area contributed by atoms with Gasteiger partial charge in [0.1, 0.15) is 0 Å². The summed E-state index contributed by atoms with van der Waals surface area (Å²) in [6.45, 7) is 0.112. The second-order valence-corrected chi connectivity index (χ2v) is 3.16. The number of hydrogen-bond donors (Lipinski definition) is 3. The molecule has 1 aromatic carbocycles. The fourth-order valence-electron chi connectivity index (χ4n) is 1.05. The Kier molecular flexibility index (Phi) is 3.93. The molecule has 0 fully saturated rings. The summed E-state index contributed by atoms with van der Waals surface area (Å²) in [6.07, 6.45) is 0.118. The molecule has 0 aliphatic carbocycles. The van der Waals surface area contributed by atoms with Crippen LogP contribution in [0.1, 0.15) is 11.1 Å². The molecule has 0 aromatic heterocycles. The topological polar surface area (TPSA) is 81.9 Å². The van der Waals surface area contributed by atoms with Gasteiger partial charge in [0.05, 0.1) is 6.21 Å². The summed E-state index contributed by atoms with van der Waals surface area (Å²) in [6, 6.07) is 4.90. The highest BCUT2D eigenvalue weighted by atomic mass is 35.5. The summed E-state index contributed by atoms with van der Waals surface area (Å²) >= 11 is 5.84. The normalized spacial score (nSPS) is 10.5. The van der Waals surface area contributed by atoms with Gasteiger partial charge in [-0.25, -0.2) is 4.79 Å². The molecule has 5 nitrogen and oxygen atoms in total. The average Bonchev–Trinajstić information content (AvgIpc) is 2.19. The molecule has 6 heteroatoms. The molecule has 0 bridgehead atoms. The number of benzene rings is 1. The highest BCUT2D eigenvalue weighted by Crippen LogP contribution is 2.16. The number of rotatable bonds is 3. The minimum Gasteiger partial charge on any atom is -0.465 e. The molecule has 0 aliphatic heterocycles. The second kappa shape index (κ2) is 5.21. The molecule has 0 saturated carbocycles. The Labute approximate surface area is 91.0 Å². The molecular formula is C9H9ClN2O3. The largest absolute Gasteiger partial charge is 0.465 e. The lowest BCUT2D eigenvalue weighted by molar-refractivity contribution is 0.194. The van der Waals surface area contributed by atoms with E-state index in [0.29, 0.717) is 16.1 Å². The molecule has 15 heavy (non-hydrogen) atoms. The molecule has 0 unspecified atom stereocenters. The number of carbonyl (C=O) groups is 1. The van der Waals surface area contributed by atoms with Crippen LogP contribution in [0.25, 0.3) is 0 Å². The second-order valence-electron chi connectivity index (χ2n) is 2.75. The minimum absolute atomic E-state index is 0.112. The van der Waals surface area contributed by atoms with Crippen molar-refractivity contribution in [2.75, 3.05) is 0 Å². The molecule has 1 amide bonds. The highest BCUT2D eigenvalue weighted by Gasteiger charge is 2.02. The fraction of sp³-hybridized carbons (Fsp3) is 0.111. The Morgan fingerprint density at radius 2 is 2.33 bits per heavy atom. The average molecular weight is 229 g/mol. The third-order valence-corrected chi connectivity index (χ3v) is 2.08. The lowest BCUT2D eigenvalue weighted by atomic mass is 10.1. The molecule has 0 aliphatic rings. The molecule has 1 aromatic rings. The summed E-state index contributed by atoms with van der Waals surface area (Å²) in [5.74, 6) is 0. The number of oxime groups is 1. The zero-order valence-electron chi connectivity index (χ0n) is 7.64. The number of nitrogens with zero attached hydrogens (tertiary/aromatic N) is 1. The van der Waals surface area contributed by atoms with E-state index >= 15 is 0 Å². The van der Waals surface area contributed by atoms with Crippen molar-refractivity contribution >= 4 is 23.9 Å². The van der Waals surface area contributed by atoms with Crippen LogP contribution in [0.3, 0.4) is 0 Å². The van der Waals surface area contributed by atoms with Gasteiger partial charge in [0.2, 0.25) is 0 Å². The van der Waals surface area contributed by atoms with Crippen molar-refractivity contribution in [3.63, 3.8) is 0 Å². The Morgan fingerprint density at radius 3 is 2.93 bits per heavy atom. The van der Waals surface area contributed by atoms with Crippen molar-refractivity contribution in [2.24, 2.45) is 5.16 Å².